The maximum Gasteiger partial charge on any atom is 0.343 e. The first-order valence-corrected chi connectivity index (χ1v) is 12.6. The van der Waals surface area contributed by atoms with E-state index < -0.39 is 11.9 Å². The molecule has 0 fully saturated rings. The highest BCUT2D eigenvalue weighted by atomic mass is 16.6. The number of nitrogens with zero attached hydrogens (tertiary/aromatic N) is 1. The molecule has 1 aromatic heterocycles. The third-order valence-corrected chi connectivity index (χ3v) is 6.37. The summed E-state index contributed by atoms with van der Waals surface area (Å²) in [6, 6.07) is 26.8. The number of carbonyl (C=O) groups excluding carboxylic acids is 2. The second-order valence-corrected chi connectivity index (χ2v) is 8.88. The Labute approximate surface area is 236 Å². The molecule has 5 aromatic rings. The monoisotopic (exact) mass is 549 g/mol. The molecule has 0 aliphatic heterocycles. The van der Waals surface area contributed by atoms with Gasteiger partial charge in [0.2, 0.25) is 0 Å². The minimum Gasteiger partial charge on any atom is -0.497 e. The number of H-pyrrole nitrogens is 1. The molecule has 0 saturated heterocycles. The van der Waals surface area contributed by atoms with E-state index in [0.29, 0.717) is 34.1 Å². The summed E-state index contributed by atoms with van der Waals surface area (Å²) in [6.45, 7) is 0. The summed E-state index contributed by atoms with van der Waals surface area (Å²) in [7, 11) is 4.59. The number of methoxy groups -OCH3 is 3. The Morgan fingerprint density at radius 1 is 0.780 bits per heavy atom. The van der Waals surface area contributed by atoms with E-state index in [1.54, 1.807) is 49.6 Å². The zero-order valence-electron chi connectivity index (χ0n) is 22.6. The van der Waals surface area contributed by atoms with Crippen molar-refractivity contribution in [2.45, 2.75) is 0 Å². The highest BCUT2D eigenvalue weighted by molar-refractivity contribution is 6.10. The van der Waals surface area contributed by atoms with Crippen molar-refractivity contribution in [3.63, 3.8) is 0 Å². The van der Waals surface area contributed by atoms with E-state index in [2.05, 4.69) is 15.5 Å². The first-order valence-electron chi connectivity index (χ1n) is 12.6. The second kappa shape index (κ2) is 12.1. The van der Waals surface area contributed by atoms with Crippen molar-refractivity contribution in [2.24, 2.45) is 5.10 Å². The molecule has 0 aliphatic rings. The summed E-state index contributed by atoms with van der Waals surface area (Å²) in [5.74, 6) is 0.829. The number of ether oxygens (including phenoxy) is 4. The van der Waals surface area contributed by atoms with Crippen LogP contribution < -0.4 is 24.4 Å². The van der Waals surface area contributed by atoms with Crippen LogP contribution in [0.1, 0.15) is 26.4 Å². The van der Waals surface area contributed by atoms with Crippen LogP contribution in [0.25, 0.3) is 22.0 Å². The zero-order chi connectivity index (χ0) is 28.8. The Kier molecular flexibility index (Phi) is 7.96. The topological polar surface area (TPSA) is 111 Å². The summed E-state index contributed by atoms with van der Waals surface area (Å²) >= 11 is 0. The van der Waals surface area contributed by atoms with Crippen molar-refractivity contribution in [3.05, 3.63) is 108 Å². The van der Waals surface area contributed by atoms with Crippen molar-refractivity contribution >= 4 is 29.0 Å². The lowest BCUT2D eigenvalue weighted by molar-refractivity contribution is 0.0729. The molecular formula is C32H27N3O6. The molecule has 0 spiro atoms. The number of fused-ring (bicyclic) bond motifs is 1. The number of amides is 1. The van der Waals surface area contributed by atoms with Gasteiger partial charge in [0, 0.05) is 16.5 Å². The van der Waals surface area contributed by atoms with Crippen molar-refractivity contribution in [1.82, 2.24) is 10.4 Å². The van der Waals surface area contributed by atoms with Gasteiger partial charge in [-0.25, -0.2) is 10.2 Å². The van der Waals surface area contributed by atoms with Crippen LogP contribution in [-0.2, 0) is 0 Å². The third kappa shape index (κ3) is 5.89. The number of hydrazone groups is 1. The number of benzene rings is 4. The Morgan fingerprint density at radius 2 is 1.56 bits per heavy atom. The van der Waals surface area contributed by atoms with E-state index in [0.717, 1.165) is 22.0 Å². The number of hydrogen-bond donors (Lipinski definition) is 2. The summed E-state index contributed by atoms with van der Waals surface area (Å²) in [4.78, 5) is 29.1. The van der Waals surface area contributed by atoms with Gasteiger partial charge < -0.3 is 23.9 Å². The number of hydrogen-bond acceptors (Lipinski definition) is 7. The molecule has 206 valence electrons. The van der Waals surface area contributed by atoms with Gasteiger partial charge in [-0.2, -0.15) is 5.10 Å². The van der Waals surface area contributed by atoms with Gasteiger partial charge in [0.1, 0.15) is 17.2 Å². The first kappa shape index (κ1) is 27.0. The molecule has 9 heteroatoms. The largest absolute Gasteiger partial charge is 0.497 e. The average molecular weight is 550 g/mol. The number of rotatable bonds is 9. The molecule has 41 heavy (non-hydrogen) atoms. The van der Waals surface area contributed by atoms with E-state index >= 15 is 0 Å². The smallest absolute Gasteiger partial charge is 0.343 e. The van der Waals surface area contributed by atoms with Crippen LogP contribution in [0.15, 0.2) is 96.1 Å². The maximum atomic E-state index is 13.3. The summed E-state index contributed by atoms with van der Waals surface area (Å²) < 4.78 is 21.5. The van der Waals surface area contributed by atoms with Crippen LogP contribution in [0.5, 0.6) is 23.0 Å². The first-order chi connectivity index (χ1) is 20.0. The molecule has 9 nitrogen and oxygen atoms in total. The number of aromatic amines is 1. The lowest BCUT2D eigenvalue weighted by Crippen LogP contribution is -2.18. The molecular weight excluding hydrogens is 522 g/mol. The lowest BCUT2D eigenvalue weighted by atomic mass is 10.0. The molecule has 0 atom stereocenters. The minimum atomic E-state index is -0.555. The van der Waals surface area contributed by atoms with Gasteiger partial charge >= 0.3 is 5.97 Å². The van der Waals surface area contributed by atoms with Gasteiger partial charge in [-0.1, -0.05) is 36.4 Å². The predicted molar refractivity (Wildman–Crippen MR) is 156 cm³/mol. The van der Waals surface area contributed by atoms with E-state index in [1.807, 2.05) is 48.5 Å². The Morgan fingerprint density at radius 3 is 2.32 bits per heavy atom. The third-order valence-electron chi connectivity index (χ3n) is 6.37. The highest BCUT2D eigenvalue weighted by Gasteiger charge is 2.20. The fourth-order valence-corrected chi connectivity index (χ4v) is 4.35. The normalized spacial score (nSPS) is 10.9. The SMILES string of the molecule is COc1cccc(C(=O)Oc2ccc(C=NNC(=O)c3[nH]c4ccc(OC)cc4c3-c3ccccc3)cc2OC)c1. The van der Waals surface area contributed by atoms with Crippen LogP contribution >= 0.6 is 0 Å². The molecule has 0 unspecified atom stereocenters. The Balaban J connectivity index is 1.35. The lowest BCUT2D eigenvalue weighted by Gasteiger charge is -2.10. The molecule has 1 amide bonds. The average Bonchev–Trinajstić information content (AvgIpc) is 3.41. The van der Waals surface area contributed by atoms with E-state index in [4.69, 9.17) is 18.9 Å². The summed E-state index contributed by atoms with van der Waals surface area (Å²) in [5, 5.41) is 5.00. The fraction of sp³-hybridized carbons (Fsp3) is 0.0938. The van der Waals surface area contributed by atoms with Crippen molar-refractivity contribution < 1.29 is 28.5 Å². The minimum absolute atomic E-state index is 0.238. The molecule has 5 rings (SSSR count). The van der Waals surface area contributed by atoms with Gasteiger partial charge in [-0.3, -0.25) is 4.79 Å². The van der Waals surface area contributed by atoms with Gasteiger partial charge in [-0.05, 0) is 65.7 Å². The van der Waals surface area contributed by atoms with Crippen LogP contribution in [0, 0.1) is 0 Å². The number of aromatic nitrogens is 1. The molecule has 0 bridgehead atoms. The van der Waals surface area contributed by atoms with Crippen LogP contribution in [-0.4, -0.2) is 44.4 Å². The summed E-state index contributed by atoms with van der Waals surface area (Å²) in [6.07, 6.45) is 1.47. The molecule has 1 heterocycles. The number of carbonyl (C=O) groups is 2. The van der Waals surface area contributed by atoms with Gasteiger partial charge in [0.15, 0.2) is 11.5 Å². The second-order valence-electron chi connectivity index (χ2n) is 8.88. The van der Waals surface area contributed by atoms with Gasteiger partial charge in [-0.15, -0.1) is 0 Å². The van der Waals surface area contributed by atoms with E-state index in [9.17, 15) is 9.59 Å². The molecule has 2 N–H and O–H groups in total. The standard InChI is InChI=1S/C32H27N3O6/c1-38-23-11-7-10-22(17-23)32(37)41-27-15-12-20(16-28(27)40-3)19-33-35-31(36)30-29(21-8-5-4-6-9-21)25-18-24(39-2)13-14-26(25)34-30/h4-19,34H,1-3H3,(H,35,36). The fourth-order valence-electron chi connectivity index (χ4n) is 4.35. The Bertz CT molecular complexity index is 1740. The van der Waals surface area contributed by atoms with Crippen molar-refractivity contribution in [3.8, 4) is 34.1 Å². The Hall–Kier alpha value is -5.57. The van der Waals surface area contributed by atoms with Crippen molar-refractivity contribution in [1.29, 1.82) is 0 Å². The highest BCUT2D eigenvalue weighted by Crippen LogP contribution is 2.34. The van der Waals surface area contributed by atoms with Crippen LogP contribution in [0.3, 0.4) is 0 Å². The summed E-state index contributed by atoms with van der Waals surface area (Å²) in [5.41, 5.74) is 6.34. The van der Waals surface area contributed by atoms with Crippen LogP contribution in [0.2, 0.25) is 0 Å². The van der Waals surface area contributed by atoms with E-state index in [1.165, 1.54) is 20.4 Å². The zero-order valence-corrected chi connectivity index (χ0v) is 22.6. The predicted octanol–water partition coefficient (Wildman–Crippen LogP) is 5.84. The molecule has 0 aliphatic carbocycles. The number of nitrogens with one attached hydrogen (secondary N) is 2. The quantitative estimate of drug-likeness (QED) is 0.103. The van der Waals surface area contributed by atoms with Crippen LogP contribution in [0.4, 0.5) is 0 Å². The number of esters is 1. The van der Waals surface area contributed by atoms with Crippen molar-refractivity contribution in [2.75, 3.05) is 21.3 Å². The van der Waals surface area contributed by atoms with Gasteiger partial charge in [0.05, 0.1) is 33.1 Å². The molecule has 4 aromatic carbocycles. The molecule has 0 saturated carbocycles. The van der Waals surface area contributed by atoms with E-state index in [-0.39, 0.29) is 5.75 Å². The molecule has 0 radical (unpaired) electrons. The maximum absolute atomic E-state index is 13.3. The van der Waals surface area contributed by atoms with Gasteiger partial charge in [0.25, 0.3) is 5.91 Å².